The summed E-state index contributed by atoms with van der Waals surface area (Å²) in [5, 5.41) is 0. The number of carbonyl (C=O) groups excluding carboxylic acids is 5. The normalized spacial score (nSPS) is 10.5. The monoisotopic (exact) mass is 822 g/mol. The first-order valence-corrected chi connectivity index (χ1v) is 19.5. The zero-order chi connectivity index (χ0) is 44.0. The van der Waals surface area contributed by atoms with Gasteiger partial charge in [0.2, 0.25) is 0 Å². The van der Waals surface area contributed by atoms with E-state index in [0.29, 0.717) is 22.3 Å². The summed E-state index contributed by atoms with van der Waals surface area (Å²) in [4.78, 5) is 68.6. The van der Waals surface area contributed by atoms with Crippen LogP contribution < -0.4 is 0 Å². The lowest BCUT2D eigenvalue weighted by Crippen LogP contribution is -2.17. The second-order valence-corrected chi connectivity index (χ2v) is 13.9. The minimum absolute atomic E-state index is 0.0104. The summed E-state index contributed by atoms with van der Waals surface area (Å²) in [6.45, 7) is 14.6. The van der Waals surface area contributed by atoms with Gasteiger partial charge in [0.25, 0.3) is 0 Å². The van der Waals surface area contributed by atoms with Crippen LogP contribution in [0.15, 0.2) is 160 Å². The largest absolute Gasteiger partial charge is 0.457 e. The van der Waals surface area contributed by atoms with Crippen molar-refractivity contribution in [1.82, 2.24) is 0 Å². The van der Waals surface area contributed by atoms with Gasteiger partial charge in [0.05, 0.1) is 22.3 Å². The minimum atomic E-state index is -0.877. The maximum Gasteiger partial charge on any atom is 0.339 e. The van der Waals surface area contributed by atoms with E-state index in [0.717, 1.165) is 22.3 Å². The Hall–Kier alpha value is -8.17. The molecular formula is C53H42O9. The first kappa shape index (κ1) is 43.4. The number of benzene rings is 6. The van der Waals surface area contributed by atoms with E-state index in [4.69, 9.17) is 18.9 Å². The van der Waals surface area contributed by atoms with E-state index in [9.17, 15) is 24.0 Å². The molecule has 0 aliphatic heterocycles. The number of hydrogen-bond acceptors (Lipinski definition) is 9. The number of carbonyl (C=O) groups is 5. The molecule has 0 N–H and O–H groups in total. The number of rotatable bonds is 18. The molecule has 0 saturated carbocycles. The molecule has 6 rings (SSSR count). The quantitative estimate of drug-likeness (QED) is 0.0473. The molecule has 0 heterocycles. The summed E-state index contributed by atoms with van der Waals surface area (Å²) in [5.41, 5.74) is 5.62. The summed E-state index contributed by atoms with van der Waals surface area (Å²) < 4.78 is 22.4. The molecule has 0 spiro atoms. The van der Waals surface area contributed by atoms with Gasteiger partial charge in [0, 0.05) is 11.1 Å². The summed E-state index contributed by atoms with van der Waals surface area (Å²) in [7, 11) is 0. The highest BCUT2D eigenvalue weighted by molar-refractivity contribution is 6.13. The summed E-state index contributed by atoms with van der Waals surface area (Å²) in [6, 6.07) is 36.7. The lowest BCUT2D eigenvalue weighted by atomic mass is 9.95. The van der Waals surface area contributed by atoms with Gasteiger partial charge in [0.1, 0.15) is 26.4 Å². The molecule has 308 valence electrons. The second-order valence-electron chi connectivity index (χ2n) is 13.9. The minimum Gasteiger partial charge on any atom is -0.457 e. The van der Waals surface area contributed by atoms with Crippen LogP contribution in [0.25, 0.3) is 24.3 Å². The van der Waals surface area contributed by atoms with Crippen LogP contribution in [-0.2, 0) is 45.4 Å². The van der Waals surface area contributed by atoms with Crippen LogP contribution in [0.3, 0.4) is 0 Å². The first-order chi connectivity index (χ1) is 30.1. The number of ether oxygens (including phenoxy) is 4. The van der Waals surface area contributed by atoms with Gasteiger partial charge in [-0.3, -0.25) is 4.79 Å². The molecule has 0 unspecified atom stereocenters. The Kier molecular flexibility index (Phi) is 14.5. The maximum absolute atomic E-state index is 14.2. The number of hydrogen-bond donors (Lipinski definition) is 0. The summed E-state index contributed by atoms with van der Waals surface area (Å²) in [6.07, 6.45) is 6.75. The zero-order valence-corrected chi connectivity index (χ0v) is 33.8. The molecular weight excluding hydrogens is 781 g/mol. The first-order valence-electron chi connectivity index (χ1n) is 19.5. The fourth-order valence-electron chi connectivity index (χ4n) is 6.14. The van der Waals surface area contributed by atoms with E-state index in [1.807, 2.05) is 48.5 Å². The Morgan fingerprint density at radius 2 is 0.581 bits per heavy atom. The van der Waals surface area contributed by atoms with Crippen LogP contribution in [0.4, 0.5) is 0 Å². The van der Waals surface area contributed by atoms with Crippen LogP contribution >= 0.6 is 0 Å². The Labute approximate surface area is 359 Å². The molecule has 0 aliphatic rings. The summed E-state index contributed by atoms with van der Waals surface area (Å²) >= 11 is 0. The fraction of sp³-hybridized carbons (Fsp3) is 0.0755. The molecule has 0 fully saturated rings. The van der Waals surface area contributed by atoms with Gasteiger partial charge in [-0.05, 0) is 68.8 Å². The Balaban J connectivity index is 1.29. The standard InChI is InChI=1S/C53H42O9/c1-5-35-9-17-39(18-10-35)31-59-50(55)45-27-25-43(29-47(45)52(57)61-33-41-21-13-37(7-3)14-22-41)49(54)44-26-28-46(51(56)60-32-40-19-11-36(6-2)12-20-40)48(30-44)53(58)62-34-42-23-15-38(8-4)16-24-42/h5-30H,1-4,31-34H2. The van der Waals surface area contributed by atoms with Crippen molar-refractivity contribution in [1.29, 1.82) is 0 Å². The molecule has 9 nitrogen and oxygen atoms in total. The van der Waals surface area contributed by atoms with Crippen molar-refractivity contribution < 1.29 is 42.9 Å². The van der Waals surface area contributed by atoms with E-state index in [1.54, 1.807) is 72.8 Å². The molecule has 0 aromatic heterocycles. The highest BCUT2D eigenvalue weighted by Gasteiger charge is 2.26. The molecule has 0 atom stereocenters. The van der Waals surface area contributed by atoms with Crippen LogP contribution in [0, 0.1) is 0 Å². The molecule has 0 aliphatic carbocycles. The predicted molar refractivity (Wildman–Crippen MR) is 239 cm³/mol. The number of esters is 4. The van der Waals surface area contributed by atoms with Crippen LogP contribution in [0.1, 0.15) is 102 Å². The number of ketones is 1. The van der Waals surface area contributed by atoms with E-state index in [2.05, 4.69) is 26.3 Å². The van der Waals surface area contributed by atoms with Crippen LogP contribution in [0.2, 0.25) is 0 Å². The SMILES string of the molecule is C=Cc1ccc(COC(=O)c2ccc(C(=O)c3ccc(C(=O)OCc4ccc(C=C)cc4)c(C(=O)OCc4ccc(C=C)cc4)c3)cc2C(=O)OCc2ccc(C=C)cc2)cc1. The Morgan fingerprint density at radius 1 is 0.339 bits per heavy atom. The maximum atomic E-state index is 14.2. The van der Waals surface area contributed by atoms with Crippen molar-refractivity contribution in [2.75, 3.05) is 0 Å². The highest BCUT2D eigenvalue weighted by Crippen LogP contribution is 2.23. The molecule has 6 aromatic carbocycles. The molecule has 9 heteroatoms. The molecule has 6 aromatic rings. The lowest BCUT2D eigenvalue weighted by Gasteiger charge is -2.14. The van der Waals surface area contributed by atoms with Gasteiger partial charge in [0.15, 0.2) is 5.78 Å². The van der Waals surface area contributed by atoms with Crippen molar-refractivity contribution in [3.05, 3.63) is 238 Å². The average molecular weight is 823 g/mol. The van der Waals surface area contributed by atoms with E-state index >= 15 is 0 Å². The van der Waals surface area contributed by atoms with Crippen molar-refractivity contribution >= 4 is 54.0 Å². The molecule has 0 saturated heterocycles. The van der Waals surface area contributed by atoms with Crippen molar-refractivity contribution in [3.63, 3.8) is 0 Å². The topological polar surface area (TPSA) is 122 Å². The molecule has 0 radical (unpaired) electrons. The lowest BCUT2D eigenvalue weighted by molar-refractivity contribution is 0.0425. The van der Waals surface area contributed by atoms with Crippen LogP contribution in [-0.4, -0.2) is 29.7 Å². The van der Waals surface area contributed by atoms with Gasteiger partial charge in [-0.25, -0.2) is 19.2 Å². The van der Waals surface area contributed by atoms with E-state index < -0.39 is 29.7 Å². The zero-order valence-electron chi connectivity index (χ0n) is 33.8. The third-order valence-electron chi connectivity index (χ3n) is 9.78. The second kappa shape index (κ2) is 20.7. The Morgan fingerprint density at radius 3 is 0.823 bits per heavy atom. The fourth-order valence-corrected chi connectivity index (χ4v) is 6.14. The van der Waals surface area contributed by atoms with E-state index in [-0.39, 0.29) is 59.8 Å². The van der Waals surface area contributed by atoms with Gasteiger partial charge in [-0.2, -0.15) is 0 Å². The van der Waals surface area contributed by atoms with Gasteiger partial charge >= 0.3 is 23.9 Å². The van der Waals surface area contributed by atoms with Crippen molar-refractivity contribution in [2.45, 2.75) is 26.4 Å². The Bertz CT molecular complexity index is 2470. The molecule has 0 bridgehead atoms. The molecule has 0 amide bonds. The van der Waals surface area contributed by atoms with Gasteiger partial charge in [-0.15, -0.1) is 0 Å². The predicted octanol–water partition coefficient (Wildman–Crippen LogP) is 10.9. The average Bonchev–Trinajstić information content (AvgIpc) is 3.33. The highest BCUT2D eigenvalue weighted by atomic mass is 16.5. The van der Waals surface area contributed by atoms with Crippen molar-refractivity contribution in [2.24, 2.45) is 0 Å². The third kappa shape index (κ3) is 11.1. The van der Waals surface area contributed by atoms with Gasteiger partial charge in [-0.1, -0.05) is 160 Å². The van der Waals surface area contributed by atoms with Crippen LogP contribution in [0.5, 0.6) is 0 Å². The molecule has 62 heavy (non-hydrogen) atoms. The summed E-state index contributed by atoms with van der Waals surface area (Å²) in [5.74, 6) is -4.02. The smallest absolute Gasteiger partial charge is 0.339 e. The van der Waals surface area contributed by atoms with Gasteiger partial charge < -0.3 is 18.9 Å². The third-order valence-corrected chi connectivity index (χ3v) is 9.78. The van der Waals surface area contributed by atoms with Crippen molar-refractivity contribution in [3.8, 4) is 0 Å². The van der Waals surface area contributed by atoms with E-state index in [1.165, 1.54) is 36.4 Å².